The molecule has 0 aliphatic carbocycles. The third kappa shape index (κ3) is 5.21. The summed E-state index contributed by atoms with van der Waals surface area (Å²) in [6.07, 6.45) is 1.62. The van der Waals surface area contributed by atoms with Crippen LogP contribution in [0.15, 0.2) is 39.9 Å². The van der Waals surface area contributed by atoms with E-state index in [-0.39, 0.29) is 29.6 Å². The molecule has 0 spiro atoms. The topological polar surface area (TPSA) is 128 Å². The third-order valence-electron chi connectivity index (χ3n) is 5.43. The molecular formula is C23H29N5O5. The van der Waals surface area contributed by atoms with Crippen molar-refractivity contribution in [3.8, 4) is 0 Å². The molecule has 2 N–H and O–H groups in total. The summed E-state index contributed by atoms with van der Waals surface area (Å²) in [5.41, 5.74) is -0.148. The number of esters is 1. The van der Waals surface area contributed by atoms with Crippen LogP contribution in [0, 0.1) is 5.92 Å². The number of H-pyrrole nitrogens is 1. The summed E-state index contributed by atoms with van der Waals surface area (Å²) >= 11 is 0. The van der Waals surface area contributed by atoms with Crippen molar-refractivity contribution in [3.63, 3.8) is 0 Å². The molecule has 2 heterocycles. The highest BCUT2D eigenvalue weighted by molar-refractivity contribution is 5.96. The third-order valence-corrected chi connectivity index (χ3v) is 5.43. The summed E-state index contributed by atoms with van der Waals surface area (Å²) in [5.74, 6) is -0.886. The molecule has 10 nitrogen and oxygen atoms in total. The highest BCUT2D eigenvalue weighted by Crippen LogP contribution is 2.13. The number of hydrogen-bond donors (Lipinski definition) is 2. The molecule has 33 heavy (non-hydrogen) atoms. The number of ether oxygens (including phenoxy) is 1. The van der Waals surface area contributed by atoms with Crippen LogP contribution < -0.4 is 16.6 Å². The van der Waals surface area contributed by atoms with E-state index in [4.69, 9.17) is 4.74 Å². The molecule has 0 saturated carbocycles. The number of benzene rings is 1. The lowest BCUT2D eigenvalue weighted by molar-refractivity contribution is -0.148. The Labute approximate surface area is 190 Å². The number of carbonyl (C=O) groups excluding carboxylic acids is 2. The Kier molecular flexibility index (Phi) is 7.47. The zero-order valence-electron chi connectivity index (χ0n) is 19.3. The van der Waals surface area contributed by atoms with Gasteiger partial charge in [0, 0.05) is 19.2 Å². The molecule has 0 unspecified atom stereocenters. The van der Waals surface area contributed by atoms with Gasteiger partial charge in [0.15, 0.2) is 11.2 Å². The molecule has 0 aliphatic rings. The second kappa shape index (κ2) is 10.3. The van der Waals surface area contributed by atoms with Gasteiger partial charge in [0.2, 0.25) is 0 Å². The van der Waals surface area contributed by atoms with Gasteiger partial charge >= 0.3 is 11.7 Å². The van der Waals surface area contributed by atoms with E-state index >= 15 is 0 Å². The Hall–Kier alpha value is -3.69. The minimum atomic E-state index is -0.862. The van der Waals surface area contributed by atoms with Crippen LogP contribution in [0.2, 0.25) is 0 Å². The van der Waals surface area contributed by atoms with Crippen LogP contribution in [0.25, 0.3) is 11.2 Å². The number of aromatic nitrogens is 4. The van der Waals surface area contributed by atoms with Gasteiger partial charge in [-0.25, -0.2) is 14.6 Å². The Morgan fingerprint density at radius 1 is 1.18 bits per heavy atom. The van der Waals surface area contributed by atoms with Crippen molar-refractivity contribution in [2.75, 3.05) is 0 Å². The molecule has 2 aromatic heterocycles. The highest BCUT2D eigenvalue weighted by atomic mass is 16.5. The number of nitrogens with one attached hydrogen (secondary N) is 2. The van der Waals surface area contributed by atoms with Crippen molar-refractivity contribution in [3.05, 3.63) is 62.6 Å². The molecule has 1 atom stereocenters. The molecule has 0 fully saturated rings. The Morgan fingerprint density at radius 3 is 2.52 bits per heavy atom. The predicted octanol–water partition coefficient (Wildman–Crippen LogP) is 1.72. The zero-order valence-corrected chi connectivity index (χ0v) is 19.3. The van der Waals surface area contributed by atoms with Crippen LogP contribution in [0.4, 0.5) is 0 Å². The maximum absolute atomic E-state index is 12.8. The zero-order chi connectivity index (χ0) is 24.1. The molecule has 0 bridgehead atoms. The van der Waals surface area contributed by atoms with Crippen molar-refractivity contribution in [1.29, 1.82) is 0 Å². The van der Waals surface area contributed by atoms with Crippen LogP contribution in [0.5, 0.6) is 0 Å². The van der Waals surface area contributed by atoms with Crippen LogP contribution in [-0.2, 0) is 29.7 Å². The van der Waals surface area contributed by atoms with E-state index in [1.165, 1.54) is 9.13 Å². The Morgan fingerprint density at radius 2 is 1.88 bits per heavy atom. The number of hydrogen-bond acceptors (Lipinski definition) is 6. The molecule has 176 valence electrons. The first kappa shape index (κ1) is 24.0. The second-order valence-corrected chi connectivity index (χ2v) is 8.19. The Balaban J connectivity index is 1.80. The predicted molar refractivity (Wildman–Crippen MR) is 123 cm³/mol. The number of imidazole rings is 1. The molecule has 3 rings (SSSR count). The summed E-state index contributed by atoms with van der Waals surface area (Å²) in [6, 6.07) is 7.74. The fourth-order valence-corrected chi connectivity index (χ4v) is 3.48. The lowest BCUT2D eigenvalue weighted by Gasteiger charge is -2.20. The number of amides is 1. The van der Waals surface area contributed by atoms with Gasteiger partial charge in [-0.3, -0.25) is 19.1 Å². The number of aromatic amines is 1. The number of rotatable bonds is 9. The highest BCUT2D eigenvalue weighted by Gasteiger charge is 2.27. The van der Waals surface area contributed by atoms with Gasteiger partial charge in [0.1, 0.15) is 18.5 Å². The maximum Gasteiger partial charge on any atom is 0.330 e. The molecule has 1 amide bonds. The van der Waals surface area contributed by atoms with Crippen LogP contribution in [0.3, 0.4) is 0 Å². The van der Waals surface area contributed by atoms with E-state index in [1.54, 1.807) is 51.2 Å². The van der Waals surface area contributed by atoms with Crippen molar-refractivity contribution < 1.29 is 14.3 Å². The first-order valence-electron chi connectivity index (χ1n) is 11.0. The van der Waals surface area contributed by atoms with Gasteiger partial charge in [-0.05, 0) is 24.5 Å². The van der Waals surface area contributed by atoms with Gasteiger partial charge in [-0.1, -0.05) is 45.4 Å². The monoisotopic (exact) mass is 455 g/mol. The van der Waals surface area contributed by atoms with Crippen LogP contribution in [0.1, 0.15) is 49.8 Å². The summed E-state index contributed by atoms with van der Waals surface area (Å²) in [6.45, 7) is 5.81. The van der Waals surface area contributed by atoms with E-state index < -0.39 is 23.3 Å². The average molecular weight is 456 g/mol. The molecule has 0 aliphatic heterocycles. The standard InChI is InChI=1S/C23H29N5O5/c1-5-6-12-28-19-18(21(30)26-23(28)32)27(4)16(24-19)13-33-22(31)17(14(2)3)25-20(29)15-10-8-7-9-11-15/h7-11,14,17H,5-6,12-13H2,1-4H3,(H,25,29)(H,26,30,32)/t17-/m0/s1. The van der Waals surface area contributed by atoms with Gasteiger partial charge in [0.05, 0.1) is 0 Å². The minimum absolute atomic E-state index is 0.212. The summed E-state index contributed by atoms with van der Waals surface area (Å²) in [5, 5.41) is 2.72. The minimum Gasteiger partial charge on any atom is -0.456 e. The maximum atomic E-state index is 12.8. The molecule has 0 saturated heterocycles. The van der Waals surface area contributed by atoms with E-state index in [1.807, 2.05) is 6.92 Å². The SMILES string of the molecule is CCCCn1c(=O)[nH]c(=O)c2c1nc(COC(=O)[C@@H](NC(=O)c1ccccc1)C(C)C)n2C. The largest absolute Gasteiger partial charge is 0.456 e. The molecule has 1 aromatic carbocycles. The van der Waals surface area contributed by atoms with E-state index in [0.29, 0.717) is 17.9 Å². The number of aryl methyl sites for hydroxylation is 2. The lowest BCUT2D eigenvalue weighted by atomic mass is 10.0. The Bertz CT molecular complexity index is 1260. The van der Waals surface area contributed by atoms with E-state index in [0.717, 1.165) is 12.8 Å². The molecule has 3 aromatic rings. The molecule has 10 heteroatoms. The van der Waals surface area contributed by atoms with Gasteiger partial charge < -0.3 is 14.6 Å². The molecular weight excluding hydrogens is 426 g/mol. The normalized spacial score (nSPS) is 12.2. The smallest absolute Gasteiger partial charge is 0.330 e. The number of fused-ring (bicyclic) bond motifs is 1. The molecule has 0 radical (unpaired) electrons. The first-order chi connectivity index (χ1) is 15.7. The fraction of sp³-hybridized carbons (Fsp3) is 0.435. The van der Waals surface area contributed by atoms with Crippen LogP contribution >= 0.6 is 0 Å². The number of nitrogens with zero attached hydrogens (tertiary/aromatic N) is 3. The summed E-state index contributed by atoms with van der Waals surface area (Å²) in [4.78, 5) is 56.6. The number of carbonyl (C=O) groups is 2. The van der Waals surface area contributed by atoms with E-state index in [9.17, 15) is 19.2 Å². The van der Waals surface area contributed by atoms with Gasteiger partial charge in [0.25, 0.3) is 11.5 Å². The van der Waals surface area contributed by atoms with Crippen molar-refractivity contribution in [2.45, 2.75) is 52.8 Å². The fourth-order valence-electron chi connectivity index (χ4n) is 3.48. The number of unbranched alkanes of at least 4 members (excludes halogenated alkanes) is 1. The van der Waals surface area contributed by atoms with Crippen molar-refractivity contribution in [1.82, 2.24) is 24.4 Å². The quantitative estimate of drug-likeness (QED) is 0.473. The summed E-state index contributed by atoms with van der Waals surface area (Å²) in [7, 11) is 1.62. The van der Waals surface area contributed by atoms with E-state index in [2.05, 4.69) is 15.3 Å². The van der Waals surface area contributed by atoms with Crippen molar-refractivity contribution in [2.24, 2.45) is 13.0 Å². The van der Waals surface area contributed by atoms with Gasteiger partial charge in [-0.15, -0.1) is 0 Å². The van der Waals surface area contributed by atoms with Crippen LogP contribution in [-0.4, -0.2) is 37.0 Å². The second-order valence-electron chi connectivity index (χ2n) is 8.19. The lowest BCUT2D eigenvalue weighted by Crippen LogP contribution is -2.45. The average Bonchev–Trinajstić information content (AvgIpc) is 3.12. The first-order valence-corrected chi connectivity index (χ1v) is 11.0. The van der Waals surface area contributed by atoms with Crippen molar-refractivity contribution >= 4 is 23.0 Å². The summed E-state index contributed by atoms with van der Waals surface area (Å²) < 4.78 is 8.38. The van der Waals surface area contributed by atoms with Gasteiger partial charge in [-0.2, -0.15) is 0 Å².